The molecule has 1 aliphatic heterocycles. The lowest BCUT2D eigenvalue weighted by Crippen LogP contribution is -2.49. The Morgan fingerprint density at radius 2 is 1.76 bits per heavy atom. The number of carbonyl (C=O) groups is 1. The van der Waals surface area contributed by atoms with Gasteiger partial charge < -0.3 is 14.7 Å². The molecule has 1 aromatic carbocycles. The molecule has 1 amide bonds. The van der Waals surface area contributed by atoms with Gasteiger partial charge in [-0.1, -0.05) is 23.2 Å². The molecular formula is C17H19Cl2N5O. The number of rotatable bonds is 3. The van der Waals surface area contributed by atoms with Crippen LogP contribution in [0.2, 0.25) is 10.0 Å². The van der Waals surface area contributed by atoms with Crippen molar-refractivity contribution in [3.63, 3.8) is 0 Å². The van der Waals surface area contributed by atoms with Crippen molar-refractivity contribution in [3.05, 3.63) is 45.9 Å². The molecule has 25 heavy (non-hydrogen) atoms. The van der Waals surface area contributed by atoms with Crippen LogP contribution in [-0.2, 0) is 0 Å². The van der Waals surface area contributed by atoms with Crippen LogP contribution in [0.25, 0.3) is 0 Å². The van der Waals surface area contributed by atoms with Gasteiger partial charge in [-0.05, 0) is 30.3 Å². The lowest BCUT2D eigenvalue weighted by molar-refractivity contribution is 0.0746. The van der Waals surface area contributed by atoms with Gasteiger partial charge in [0.1, 0.15) is 0 Å². The van der Waals surface area contributed by atoms with Gasteiger partial charge in [-0.3, -0.25) is 4.79 Å². The molecule has 1 aromatic heterocycles. The summed E-state index contributed by atoms with van der Waals surface area (Å²) in [6.07, 6.45) is 0. The number of benzene rings is 1. The number of hydrogen-bond acceptors (Lipinski definition) is 5. The van der Waals surface area contributed by atoms with Gasteiger partial charge in [0, 0.05) is 45.3 Å². The minimum Gasteiger partial charge on any atom is -0.361 e. The predicted molar refractivity (Wildman–Crippen MR) is 101 cm³/mol. The van der Waals surface area contributed by atoms with Crippen molar-refractivity contribution in [1.82, 2.24) is 15.1 Å². The van der Waals surface area contributed by atoms with Gasteiger partial charge in [-0.15, -0.1) is 10.2 Å². The maximum Gasteiger partial charge on any atom is 0.255 e. The molecule has 8 heteroatoms. The number of piperazine rings is 1. The van der Waals surface area contributed by atoms with E-state index in [2.05, 4.69) is 15.1 Å². The first-order valence-electron chi connectivity index (χ1n) is 7.96. The summed E-state index contributed by atoms with van der Waals surface area (Å²) in [4.78, 5) is 18.5. The largest absolute Gasteiger partial charge is 0.361 e. The van der Waals surface area contributed by atoms with Crippen LogP contribution in [0.3, 0.4) is 0 Å². The maximum atomic E-state index is 12.6. The number of carbonyl (C=O) groups excluding carboxylic acids is 1. The summed E-state index contributed by atoms with van der Waals surface area (Å²) in [5, 5.41) is 9.37. The molecule has 2 heterocycles. The predicted octanol–water partition coefficient (Wildman–Crippen LogP) is 2.81. The van der Waals surface area contributed by atoms with Gasteiger partial charge in [0.2, 0.25) is 0 Å². The van der Waals surface area contributed by atoms with E-state index in [1.165, 1.54) is 0 Å². The summed E-state index contributed by atoms with van der Waals surface area (Å²) in [6.45, 7) is 2.61. The van der Waals surface area contributed by atoms with Gasteiger partial charge >= 0.3 is 0 Å². The lowest BCUT2D eigenvalue weighted by Gasteiger charge is -2.35. The highest BCUT2D eigenvalue weighted by atomic mass is 35.5. The lowest BCUT2D eigenvalue weighted by atomic mass is 10.2. The van der Waals surface area contributed by atoms with Crippen LogP contribution in [0.1, 0.15) is 10.4 Å². The zero-order chi connectivity index (χ0) is 18.0. The first-order valence-corrected chi connectivity index (χ1v) is 8.71. The molecule has 0 aliphatic carbocycles. The zero-order valence-electron chi connectivity index (χ0n) is 14.1. The maximum absolute atomic E-state index is 12.6. The van der Waals surface area contributed by atoms with Crippen LogP contribution in [0, 0.1) is 0 Å². The normalized spacial score (nSPS) is 14.6. The van der Waals surface area contributed by atoms with Crippen molar-refractivity contribution < 1.29 is 4.79 Å². The third kappa shape index (κ3) is 3.96. The number of nitrogens with zero attached hydrogens (tertiary/aromatic N) is 5. The summed E-state index contributed by atoms with van der Waals surface area (Å²) < 4.78 is 0. The Labute approximate surface area is 156 Å². The van der Waals surface area contributed by atoms with E-state index in [4.69, 9.17) is 23.2 Å². The molecule has 6 nitrogen and oxygen atoms in total. The SMILES string of the molecule is CN(C)c1ccc(N2CCN(C(=O)c3ccc(Cl)cc3Cl)CC2)nn1. The third-order valence-electron chi connectivity index (χ3n) is 4.15. The highest BCUT2D eigenvalue weighted by molar-refractivity contribution is 6.36. The highest BCUT2D eigenvalue weighted by Gasteiger charge is 2.24. The molecule has 2 aromatic rings. The minimum atomic E-state index is -0.0737. The van der Waals surface area contributed by atoms with E-state index in [1.54, 1.807) is 23.1 Å². The number of aromatic nitrogens is 2. The average molecular weight is 380 g/mol. The molecule has 0 bridgehead atoms. The van der Waals surface area contributed by atoms with E-state index in [-0.39, 0.29) is 5.91 Å². The smallest absolute Gasteiger partial charge is 0.255 e. The summed E-state index contributed by atoms with van der Waals surface area (Å²) in [7, 11) is 3.85. The van der Waals surface area contributed by atoms with E-state index >= 15 is 0 Å². The Kier molecular flexibility index (Phi) is 5.30. The van der Waals surface area contributed by atoms with E-state index in [0.29, 0.717) is 41.8 Å². The summed E-state index contributed by atoms with van der Waals surface area (Å²) in [5.74, 6) is 1.56. The van der Waals surface area contributed by atoms with Gasteiger partial charge in [0.05, 0.1) is 10.6 Å². The van der Waals surface area contributed by atoms with Gasteiger partial charge in [-0.2, -0.15) is 0 Å². The molecule has 0 saturated carbocycles. The zero-order valence-corrected chi connectivity index (χ0v) is 15.6. The second-order valence-electron chi connectivity index (χ2n) is 6.05. The first-order chi connectivity index (χ1) is 12.0. The molecule has 1 saturated heterocycles. The van der Waals surface area contributed by atoms with Crippen LogP contribution in [-0.4, -0.2) is 61.3 Å². The Morgan fingerprint density at radius 3 is 2.32 bits per heavy atom. The summed E-state index contributed by atoms with van der Waals surface area (Å²) in [6, 6.07) is 8.83. The fourth-order valence-electron chi connectivity index (χ4n) is 2.70. The Morgan fingerprint density at radius 1 is 1.04 bits per heavy atom. The number of anilines is 2. The second-order valence-corrected chi connectivity index (χ2v) is 6.89. The Bertz CT molecular complexity index is 758. The number of halogens is 2. The summed E-state index contributed by atoms with van der Waals surface area (Å²) in [5.41, 5.74) is 0.481. The molecule has 1 aliphatic rings. The van der Waals surface area contributed by atoms with E-state index < -0.39 is 0 Å². The van der Waals surface area contributed by atoms with Crippen molar-refractivity contribution in [1.29, 1.82) is 0 Å². The number of hydrogen-bond donors (Lipinski definition) is 0. The highest BCUT2D eigenvalue weighted by Crippen LogP contribution is 2.23. The molecule has 0 atom stereocenters. The topological polar surface area (TPSA) is 52.6 Å². The van der Waals surface area contributed by atoms with Crippen molar-refractivity contribution in [3.8, 4) is 0 Å². The molecule has 0 radical (unpaired) electrons. The fourth-order valence-corrected chi connectivity index (χ4v) is 3.19. The fraction of sp³-hybridized carbons (Fsp3) is 0.353. The molecular weight excluding hydrogens is 361 g/mol. The van der Waals surface area contributed by atoms with Gasteiger partial charge in [0.25, 0.3) is 5.91 Å². The molecule has 0 unspecified atom stereocenters. The third-order valence-corrected chi connectivity index (χ3v) is 4.69. The van der Waals surface area contributed by atoms with Gasteiger partial charge in [-0.25, -0.2) is 0 Å². The van der Waals surface area contributed by atoms with Crippen molar-refractivity contribution in [2.24, 2.45) is 0 Å². The quantitative estimate of drug-likeness (QED) is 0.820. The van der Waals surface area contributed by atoms with E-state index in [1.807, 2.05) is 31.1 Å². The molecule has 0 N–H and O–H groups in total. The van der Waals surface area contributed by atoms with Crippen LogP contribution < -0.4 is 9.80 Å². The standard InChI is InChI=1S/C17H19Cl2N5O/c1-22(2)15-5-6-16(21-20-15)23-7-9-24(10-8-23)17(25)13-4-3-12(18)11-14(13)19/h3-6,11H,7-10H2,1-2H3. The minimum absolute atomic E-state index is 0.0737. The Balaban J connectivity index is 1.64. The van der Waals surface area contributed by atoms with Crippen LogP contribution in [0.5, 0.6) is 0 Å². The van der Waals surface area contributed by atoms with Crippen LogP contribution >= 0.6 is 23.2 Å². The van der Waals surface area contributed by atoms with Crippen molar-refractivity contribution in [2.45, 2.75) is 0 Å². The number of amides is 1. The second kappa shape index (κ2) is 7.45. The first kappa shape index (κ1) is 17.8. The molecule has 0 spiro atoms. The molecule has 132 valence electrons. The average Bonchev–Trinajstić information content (AvgIpc) is 2.61. The van der Waals surface area contributed by atoms with Crippen molar-refractivity contribution >= 4 is 40.7 Å². The van der Waals surface area contributed by atoms with Crippen LogP contribution in [0.15, 0.2) is 30.3 Å². The molecule has 3 rings (SSSR count). The van der Waals surface area contributed by atoms with Crippen LogP contribution in [0.4, 0.5) is 11.6 Å². The molecule has 1 fully saturated rings. The summed E-state index contributed by atoms with van der Waals surface area (Å²) >= 11 is 12.0. The van der Waals surface area contributed by atoms with Gasteiger partial charge in [0.15, 0.2) is 11.6 Å². The Hall–Kier alpha value is -2.05. The van der Waals surface area contributed by atoms with E-state index in [0.717, 1.165) is 11.6 Å². The van der Waals surface area contributed by atoms with E-state index in [9.17, 15) is 4.79 Å². The van der Waals surface area contributed by atoms with Crippen molar-refractivity contribution in [2.75, 3.05) is 50.1 Å². The monoisotopic (exact) mass is 379 g/mol.